The molecule has 0 heterocycles. The number of nitrogens with one attached hydrogen (secondary N) is 2. The van der Waals surface area contributed by atoms with Crippen LogP contribution in [0.2, 0.25) is 5.02 Å². The maximum absolute atomic E-state index is 12.7. The predicted octanol–water partition coefficient (Wildman–Crippen LogP) is 5.16. The largest absolute Gasteiger partial charge is 0.483 e. The SMILES string of the molecule is Cc1ccc(NC(=O)c2ccccc2OCC(=O)N[C@H](C)c2ccccc2)cc1Cl. The van der Waals surface area contributed by atoms with Crippen LogP contribution in [0, 0.1) is 6.92 Å². The van der Waals surface area contributed by atoms with E-state index in [2.05, 4.69) is 10.6 Å². The summed E-state index contributed by atoms with van der Waals surface area (Å²) in [5.41, 5.74) is 2.84. The second-order valence-corrected chi connectivity index (χ2v) is 7.31. The lowest BCUT2D eigenvalue weighted by Crippen LogP contribution is -2.31. The first-order valence-corrected chi connectivity index (χ1v) is 9.95. The van der Waals surface area contributed by atoms with Crippen molar-refractivity contribution in [3.05, 3.63) is 94.5 Å². The Morgan fingerprint density at radius 3 is 2.43 bits per heavy atom. The third kappa shape index (κ3) is 5.61. The maximum Gasteiger partial charge on any atom is 0.259 e. The first-order chi connectivity index (χ1) is 14.4. The molecule has 3 rings (SSSR count). The van der Waals surface area contributed by atoms with Crippen LogP contribution in [0.25, 0.3) is 0 Å². The van der Waals surface area contributed by atoms with Crippen LogP contribution in [-0.2, 0) is 4.79 Å². The van der Waals surface area contributed by atoms with Gasteiger partial charge in [0.1, 0.15) is 5.75 Å². The van der Waals surface area contributed by atoms with Gasteiger partial charge in [0, 0.05) is 10.7 Å². The minimum absolute atomic E-state index is 0.146. The number of anilines is 1. The van der Waals surface area contributed by atoms with Gasteiger partial charge in [-0.3, -0.25) is 9.59 Å². The number of hydrogen-bond donors (Lipinski definition) is 2. The Bertz CT molecular complexity index is 1040. The molecular formula is C24H23ClN2O3. The number of para-hydroxylation sites is 1. The van der Waals surface area contributed by atoms with Crippen molar-refractivity contribution in [1.82, 2.24) is 5.32 Å². The number of rotatable bonds is 7. The molecule has 154 valence electrons. The smallest absolute Gasteiger partial charge is 0.259 e. The van der Waals surface area contributed by atoms with Gasteiger partial charge >= 0.3 is 0 Å². The highest BCUT2D eigenvalue weighted by Crippen LogP contribution is 2.23. The van der Waals surface area contributed by atoms with Gasteiger partial charge in [0.05, 0.1) is 11.6 Å². The summed E-state index contributed by atoms with van der Waals surface area (Å²) >= 11 is 6.12. The lowest BCUT2D eigenvalue weighted by molar-refractivity contribution is -0.123. The second-order valence-electron chi connectivity index (χ2n) is 6.90. The summed E-state index contributed by atoms with van der Waals surface area (Å²) in [4.78, 5) is 25.0. The van der Waals surface area contributed by atoms with Crippen molar-refractivity contribution in [2.75, 3.05) is 11.9 Å². The summed E-state index contributed by atoms with van der Waals surface area (Å²) in [6, 6.07) is 21.6. The van der Waals surface area contributed by atoms with Crippen LogP contribution in [-0.4, -0.2) is 18.4 Å². The lowest BCUT2D eigenvalue weighted by Gasteiger charge is -2.16. The molecule has 3 aromatic rings. The van der Waals surface area contributed by atoms with Crippen molar-refractivity contribution in [1.29, 1.82) is 0 Å². The average Bonchev–Trinajstić information content (AvgIpc) is 2.75. The molecule has 0 aliphatic rings. The van der Waals surface area contributed by atoms with E-state index < -0.39 is 0 Å². The summed E-state index contributed by atoms with van der Waals surface area (Å²) in [5.74, 6) is -0.286. The van der Waals surface area contributed by atoms with Gasteiger partial charge in [-0.05, 0) is 49.2 Å². The fourth-order valence-corrected chi connectivity index (χ4v) is 3.08. The monoisotopic (exact) mass is 422 g/mol. The summed E-state index contributed by atoms with van der Waals surface area (Å²) in [6.07, 6.45) is 0. The molecule has 2 N–H and O–H groups in total. The summed E-state index contributed by atoms with van der Waals surface area (Å²) in [5, 5.41) is 6.26. The fourth-order valence-electron chi connectivity index (χ4n) is 2.90. The molecule has 0 aliphatic carbocycles. The zero-order valence-electron chi connectivity index (χ0n) is 16.8. The molecule has 0 bridgehead atoms. The van der Waals surface area contributed by atoms with Gasteiger partial charge in [-0.25, -0.2) is 0 Å². The first kappa shape index (κ1) is 21.4. The Hall–Kier alpha value is -3.31. The molecule has 2 amide bonds. The molecule has 0 spiro atoms. The van der Waals surface area contributed by atoms with E-state index in [4.69, 9.17) is 16.3 Å². The van der Waals surface area contributed by atoms with Crippen LogP contribution in [0.3, 0.4) is 0 Å². The van der Waals surface area contributed by atoms with Crippen molar-refractivity contribution in [2.24, 2.45) is 0 Å². The quantitative estimate of drug-likeness (QED) is 0.552. The number of carbonyl (C=O) groups excluding carboxylic acids is 2. The lowest BCUT2D eigenvalue weighted by atomic mass is 10.1. The third-order valence-electron chi connectivity index (χ3n) is 4.60. The normalized spacial score (nSPS) is 11.4. The number of hydrogen-bond acceptors (Lipinski definition) is 3. The third-order valence-corrected chi connectivity index (χ3v) is 5.00. The van der Waals surface area contributed by atoms with E-state index in [9.17, 15) is 9.59 Å². The molecule has 0 saturated heterocycles. The number of amides is 2. The summed E-state index contributed by atoms with van der Waals surface area (Å²) < 4.78 is 5.64. The Kier molecular flexibility index (Phi) is 7.09. The van der Waals surface area contributed by atoms with Crippen molar-refractivity contribution in [2.45, 2.75) is 19.9 Å². The van der Waals surface area contributed by atoms with Crippen LogP contribution in [0.1, 0.15) is 34.5 Å². The summed E-state index contributed by atoms with van der Waals surface area (Å²) in [6.45, 7) is 3.60. The minimum atomic E-state index is -0.344. The zero-order chi connectivity index (χ0) is 21.5. The molecule has 0 radical (unpaired) electrons. The van der Waals surface area contributed by atoms with E-state index in [-0.39, 0.29) is 24.5 Å². The predicted molar refractivity (Wildman–Crippen MR) is 119 cm³/mol. The number of carbonyl (C=O) groups is 2. The second kappa shape index (κ2) is 9.94. The van der Waals surface area contributed by atoms with Crippen LogP contribution in [0.4, 0.5) is 5.69 Å². The number of ether oxygens (including phenoxy) is 1. The molecule has 0 unspecified atom stereocenters. The number of benzene rings is 3. The molecule has 1 atom stereocenters. The van der Waals surface area contributed by atoms with E-state index in [0.29, 0.717) is 22.0 Å². The average molecular weight is 423 g/mol. The molecule has 30 heavy (non-hydrogen) atoms. The van der Waals surface area contributed by atoms with E-state index in [1.54, 1.807) is 36.4 Å². The molecule has 0 aromatic heterocycles. The van der Waals surface area contributed by atoms with Gasteiger partial charge in [0.15, 0.2) is 6.61 Å². The Morgan fingerprint density at radius 1 is 1.00 bits per heavy atom. The molecule has 0 saturated carbocycles. The van der Waals surface area contributed by atoms with Gasteiger partial charge in [-0.15, -0.1) is 0 Å². The van der Waals surface area contributed by atoms with Crippen molar-refractivity contribution >= 4 is 29.1 Å². The molecule has 6 heteroatoms. The summed E-state index contributed by atoms with van der Waals surface area (Å²) in [7, 11) is 0. The van der Waals surface area contributed by atoms with Gasteiger partial charge in [-0.1, -0.05) is 60.1 Å². The van der Waals surface area contributed by atoms with Crippen LogP contribution >= 0.6 is 11.6 Å². The minimum Gasteiger partial charge on any atom is -0.483 e. The molecule has 0 aliphatic heterocycles. The molecular weight excluding hydrogens is 400 g/mol. The standard InChI is InChI=1S/C24H23ClN2O3/c1-16-12-13-19(14-21(16)25)27-24(29)20-10-6-7-11-22(20)30-15-23(28)26-17(2)18-8-4-3-5-9-18/h3-14,17H,15H2,1-2H3,(H,26,28)(H,27,29)/t17-/m1/s1. The fraction of sp³-hybridized carbons (Fsp3) is 0.167. The van der Waals surface area contributed by atoms with E-state index >= 15 is 0 Å². The van der Waals surface area contributed by atoms with E-state index in [1.165, 1.54) is 0 Å². The highest BCUT2D eigenvalue weighted by Gasteiger charge is 2.15. The van der Waals surface area contributed by atoms with Crippen LogP contribution in [0.15, 0.2) is 72.8 Å². The van der Waals surface area contributed by atoms with Crippen LogP contribution < -0.4 is 15.4 Å². The van der Waals surface area contributed by atoms with Crippen molar-refractivity contribution < 1.29 is 14.3 Å². The highest BCUT2D eigenvalue weighted by molar-refractivity contribution is 6.31. The van der Waals surface area contributed by atoms with Gasteiger partial charge in [0.2, 0.25) is 0 Å². The van der Waals surface area contributed by atoms with Crippen molar-refractivity contribution in [3.63, 3.8) is 0 Å². The maximum atomic E-state index is 12.7. The Balaban J connectivity index is 1.62. The zero-order valence-corrected chi connectivity index (χ0v) is 17.6. The van der Waals surface area contributed by atoms with Gasteiger partial charge in [-0.2, -0.15) is 0 Å². The Morgan fingerprint density at radius 2 is 1.70 bits per heavy atom. The first-order valence-electron chi connectivity index (χ1n) is 9.57. The number of aryl methyl sites for hydroxylation is 1. The van der Waals surface area contributed by atoms with E-state index in [0.717, 1.165) is 11.1 Å². The topological polar surface area (TPSA) is 67.4 Å². The van der Waals surface area contributed by atoms with Gasteiger partial charge in [0.25, 0.3) is 11.8 Å². The molecule has 5 nitrogen and oxygen atoms in total. The van der Waals surface area contributed by atoms with Crippen LogP contribution in [0.5, 0.6) is 5.75 Å². The Labute approximate surface area is 181 Å². The van der Waals surface area contributed by atoms with Crippen molar-refractivity contribution in [3.8, 4) is 5.75 Å². The highest BCUT2D eigenvalue weighted by atomic mass is 35.5. The molecule has 3 aromatic carbocycles. The number of halogens is 1. The molecule has 0 fully saturated rings. The van der Waals surface area contributed by atoms with E-state index in [1.807, 2.05) is 50.2 Å². The van der Waals surface area contributed by atoms with Gasteiger partial charge < -0.3 is 15.4 Å².